The maximum atomic E-state index is 12.6. The number of carboxylic acids is 1. The van der Waals surface area contributed by atoms with Gasteiger partial charge in [-0.3, -0.25) is 9.69 Å². The van der Waals surface area contributed by atoms with Crippen molar-refractivity contribution >= 4 is 40.6 Å². The number of aromatic carboxylic acids is 1. The summed E-state index contributed by atoms with van der Waals surface area (Å²) in [4.78, 5) is 30.4. The molecule has 1 heterocycles. The number of thioether (sulfide) groups is 1. The molecule has 132 valence electrons. The first-order chi connectivity index (χ1) is 12.5. The third kappa shape index (κ3) is 3.86. The Morgan fingerprint density at radius 1 is 1.23 bits per heavy atom. The van der Waals surface area contributed by atoms with Crippen molar-refractivity contribution in [2.75, 3.05) is 6.54 Å². The Balaban J connectivity index is 1.90. The number of carboxylic acid groups (broad SMARTS) is 1. The molecule has 1 N–H and O–H groups in total. The van der Waals surface area contributed by atoms with Crippen LogP contribution in [0, 0.1) is 6.92 Å². The lowest BCUT2D eigenvalue weighted by Gasteiger charge is -2.12. The first kappa shape index (κ1) is 17.9. The van der Waals surface area contributed by atoms with Gasteiger partial charge in [-0.15, -0.1) is 0 Å². The van der Waals surface area contributed by atoms with Gasteiger partial charge in [-0.25, -0.2) is 9.79 Å². The van der Waals surface area contributed by atoms with E-state index < -0.39 is 5.97 Å². The number of hydrogen-bond donors (Lipinski definition) is 1. The topological polar surface area (TPSA) is 70.0 Å². The molecule has 0 saturated carbocycles. The van der Waals surface area contributed by atoms with Crippen LogP contribution < -0.4 is 0 Å². The van der Waals surface area contributed by atoms with Crippen LogP contribution in [0.4, 0.5) is 5.69 Å². The Hall–Kier alpha value is -2.86. The van der Waals surface area contributed by atoms with Crippen LogP contribution in [0.5, 0.6) is 0 Å². The highest BCUT2D eigenvalue weighted by Crippen LogP contribution is 2.34. The molecular formula is C20H18N2O3S. The number of aryl methyl sites for hydroxylation is 1. The number of benzene rings is 2. The zero-order valence-electron chi connectivity index (χ0n) is 14.5. The van der Waals surface area contributed by atoms with E-state index in [0.29, 0.717) is 22.3 Å². The van der Waals surface area contributed by atoms with Crippen LogP contribution in [0.25, 0.3) is 6.08 Å². The lowest BCUT2D eigenvalue weighted by atomic mass is 10.1. The molecule has 1 saturated heterocycles. The van der Waals surface area contributed by atoms with E-state index in [0.717, 1.165) is 11.1 Å². The van der Waals surface area contributed by atoms with Gasteiger partial charge in [-0.1, -0.05) is 29.8 Å². The van der Waals surface area contributed by atoms with Crippen molar-refractivity contribution in [3.8, 4) is 0 Å². The Morgan fingerprint density at radius 3 is 2.58 bits per heavy atom. The molecule has 5 nitrogen and oxygen atoms in total. The minimum absolute atomic E-state index is 0.0695. The summed E-state index contributed by atoms with van der Waals surface area (Å²) in [5.41, 5.74) is 2.93. The second-order valence-corrected chi connectivity index (χ2v) is 6.83. The van der Waals surface area contributed by atoms with Crippen molar-refractivity contribution in [3.05, 3.63) is 70.1 Å². The second kappa shape index (κ2) is 7.58. The molecule has 3 rings (SSSR count). The number of carbonyl (C=O) groups excluding carboxylic acids is 1. The summed E-state index contributed by atoms with van der Waals surface area (Å²) in [5, 5.41) is 9.57. The molecular weight excluding hydrogens is 348 g/mol. The summed E-state index contributed by atoms with van der Waals surface area (Å²) < 4.78 is 0. The Labute approximate surface area is 156 Å². The van der Waals surface area contributed by atoms with Crippen molar-refractivity contribution in [2.45, 2.75) is 13.8 Å². The molecule has 0 bridgehead atoms. The number of carbonyl (C=O) groups is 2. The number of amides is 1. The summed E-state index contributed by atoms with van der Waals surface area (Å²) >= 11 is 1.33. The molecule has 26 heavy (non-hydrogen) atoms. The largest absolute Gasteiger partial charge is 0.478 e. The smallest absolute Gasteiger partial charge is 0.335 e. The highest BCUT2D eigenvalue weighted by atomic mass is 32.2. The normalized spacial score (nSPS) is 17.3. The Bertz CT molecular complexity index is 917. The molecule has 0 aliphatic carbocycles. The summed E-state index contributed by atoms with van der Waals surface area (Å²) in [6.07, 6.45) is 1.87. The van der Waals surface area contributed by atoms with E-state index in [2.05, 4.69) is 4.99 Å². The first-order valence-electron chi connectivity index (χ1n) is 8.18. The van der Waals surface area contributed by atoms with E-state index in [-0.39, 0.29) is 11.5 Å². The van der Waals surface area contributed by atoms with E-state index >= 15 is 0 Å². The van der Waals surface area contributed by atoms with E-state index in [1.165, 1.54) is 23.9 Å². The SMILES string of the molecule is CCN1C(=O)/C(=C/c2cccc(C)c2)SC1=Nc1ccc(C(=O)O)cc1. The molecule has 1 aliphatic rings. The number of amidine groups is 1. The molecule has 2 aromatic rings. The number of rotatable bonds is 4. The molecule has 2 aromatic carbocycles. The summed E-state index contributed by atoms with van der Waals surface area (Å²) in [5.74, 6) is -1.05. The minimum atomic E-state index is -0.979. The molecule has 1 fully saturated rings. The van der Waals surface area contributed by atoms with Crippen LogP contribution in [-0.4, -0.2) is 33.6 Å². The third-order valence-electron chi connectivity index (χ3n) is 3.88. The fourth-order valence-corrected chi connectivity index (χ4v) is 3.63. The van der Waals surface area contributed by atoms with Gasteiger partial charge in [-0.2, -0.15) is 0 Å². The summed E-state index contributed by atoms with van der Waals surface area (Å²) in [6, 6.07) is 14.2. The van der Waals surface area contributed by atoms with Crippen molar-refractivity contribution in [3.63, 3.8) is 0 Å². The molecule has 1 amide bonds. The number of hydrogen-bond acceptors (Lipinski definition) is 4. The minimum Gasteiger partial charge on any atom is -0.478 e. The van der Waals surface area contributed by atoms with Crippen LogP contribution in [0.15, 0.2) is 58.4 Å². The molecule has 6 heteroatoms. The molecule has 0 aromatic heterocycles. The summed E-state index contributed by atoms with van der Waals surface area (Å²) in [6.45, 7) is 4.43. The predicted octanol–water partition coefficient (Wildman–Crippen LogP) is 4.32. The van der Waals surface area contributed by atoms with Crippen molar-refractivity contribution < 1.29 is 14.7 Å². The van der Waals surface area contributed by atoms with Crippen LogP contribution in [0.2, 0.25) is 0 Å². The first-order valence-corrected chi connectivity index (χ1v) is 8.99. The van der Waals surface area contributed by atoms with Gasteiger partial charge in [0.15, 0.2) is 5.17 Å². The zero-order valence-corrected chi connectivity index (χ0v) is 15.3. The lowest BCUT2D eigenvalue weighted by molar-refractivity contribution is -0.122. The maximum absolute atomic E-state index is 12.6. The number of nitrogens with zero attached hydrogens (tertiary/aromatic N) is 2. The van der Waals surface area contributed by atoms with Crippen LogP contribution in [0.3, 0.4) is 0 Å². The van der Waals surface area contributed by atoms with Gasteiger partial charge in [0.1, 0.15) is 0 Å². The van der Waals surface area contributed by atoms with Crippen molar-refractivity contribution in [1.82, 2.24) is 4.90 Å². The van der Waals surface area contributed by atoms with E-state index in [1.807, 2.05) is 44.2 Å². The van der Waals surface area contributed by atoms with Gasteiger partial charge in [0.25, 0.3) is 5.91 Å². The average molecular weight is 366 g/mol. The van der Waals surface area contributed by atoms with E-state index in [4.69, 9.17) is 5.11 Å². The number of aliphatic imine (C=N–C) groups is 1. The Kier molecular flexibility index (Phi) is 5.23. The molecule has 0 unspecified atom stereocenters. The standard InChI is InChI=1S/C20H18N2O3S/c1-3-22-18(23)17(12-14-6-4-5-13(2)11-14)26-20(22)21-16-9-7-15(8-10-16)19(24)25/h4-12H,3H2,1-2H3,(H,24,25)/b17-12-,21-20?. The lowest BCUT2D eigenvalue weighted by Crippen LogP contribution is -2.28. The average Bonchev–Trinajstić information content (AvgIpc) is 2.90. The van der Waals surface area contributed by atoms with Crippen molar-refractivity contribution in [2.24, 2.45) is 4.99 Å². The van der Waals surface area contributed by atoms with Gasteiger partial charge in [0.2, 0.25) is 0 Å². The zero-order chi connectivity index (χ0) is 18.7. The number of likely N-dealkylation sites (N-methyl/N-ethyl adjacent to an activating group) is 1. The fourth-order valence-electron chi connectivity index (χ4n) is 2.57. The van der Waals surface area contributed by atoms with Gasteiger partial charge in [0, 0.05) is 6.54 Å². The van der Waals surface area contributed by atoms with Crippen LogP contribution >= 0.6 is 11.8 Å². The predicted molar refractivity (Wildman–Crippen MR) is 105 cm³/mol. The third-order valence-corrected chi connectivity index (χ3v) is 4.89. The summed E-state index contributed by atoms with van der Waals surface area (Å²) in [7, 11) is 0. The van der Waals surface area contributed by atoms with E-state index in [1.54, 1.807) is 17.0 Å². The van der Waals surface area contributed by atoms with Crippen LogP contribution in [0.1, 0.15) is 28.4 Å². The quantitative estimate of drug-likeness (QED) is 0.818. The van der Waals surface area contributed by atoms with Gasteiger partial charge in [0.05, 0.1) is 16.2 Å². The highest BCUT2D eigenvalue weighted by molar-refractivity contribution is 8.18. The van der Waals surface area contributed by atoms with Crippen LogP contribution in [-0.2, 0) is 4.79 Å². The monoisotopic (exact) mass is 366 g/mol. The fraction of sp³-hybridized carbons (Fsp3) is 0.150. The molecule has 0 spiro atoms. The van der Waals surface area contributed by atoms with Crippen molar-refractivity contribution in [1.29, 1.82) is 0 Å². The molecule has 0 radical (unpaired) electrons. The van der Waals surface area contributed by atoms with Gasteiger partial charge < -0.3 is 5.11 Å². The van der Waals surface area contributed by atoms with Gasteiger partial charge >= 0.3 is 5.97 Å². The second-order valence-electron chi connectivity index (χ2n) is 5.82. The molecule has 0 atom stereocenters. The Morgan fingerprint density at radius 2 is 1.96 bits per heavy atom. The highest BCUT2D eigenvalue weighted by Gasteiger charge is 2.32. The maximum Gasteiger partial charge on any atom is 0.335 e. The molecule has 1 aliphatic heterocycles. The van der Waals surface area contributed by atoms with Gasteiger partial charge in [-0.05, 0) is 61.5 Å². The van der Waals surface area contributed by atoms with E-state index in [9.17, 15) is 9.59 Å².